The summed E-state index contributed by atoms with van der Waals surface area (Å²) in [6.07, 6.45) is 6.91. The van der Waals surface area contributed by atoms with Crippen molar-refractivity contribution in [3.05, 3.63) is 66.6 Å². The van der Waals surface area contributed by atoms with Gasteiger partial charge in [0.1, 0.15) is 24.0 Å². The molecule has 0 saturated carbocycles. The molecule has 3 heterocycles. The lowest BCUT2D eigenvalue weighted by Gasteiger charge is -2.20. The van der Waals surface area contributed by atoms with Gasteiger partial charge < -0.3 is 15.0 Å². The predicted octanol–water partition coefficient (Wildman–Crippen LogP) is 1.75. The highest BCUT2D eigenvalue weighted by Gasteiger charge is 2.20. The molecule has 132 valence electrons. The maximum absolute atomic E-state index is 9.19. The Hall–Kier alpha value is -3.26. The summed E-state index contributed by atoms with van der Waals surface area (Å²) in [5.74, 6) is 1.56. The molecule has 1 atom stereocenters. The minimum absolute atomic E-state index is 0.00343. The number of nitrogens with one attached hydrogen (secondary N) is 1. The number of anilines is 1. The highest BCUT2D eigenvalue weighted by atomic mass is 16.3. The highest BCUT2D eigenvalue weighted by molar-refractivity contribution is 5.86. The summed E-state index contributed by atoms with van der Waals surface area (Å²) in [4.78, 5) is 13.2. The second-order valence-electron chi connectivity index (χ2n) is 5.94. The maximum atomic E-state index is 9.19. The van der Waals surface area contributed by atoms with E-state index in [4.69, 9.17) is 0 Å². The Kier molecular flexibility index (Phi) is 4.32. The van der Waals surface area contributed by atoms with Crippen molar-refractivity contribution in [3.63, 3.8) is 0 Å². The van der Waals surface area contributed by atoms with Gasteiger partial charge in [0.2, 0.25) is 0 Å². The summed E-state index contributed by atoms with van der Waals surface area (Å²) in [6.45, 7) is 0.394. The Morgan fingerprint density at radius 1 is 1.15 bits per heavy atom. The van der Waals surface area contributed by atoms with Gasteiger partial charge in [0.05, 0.1) is 24.7 Å². The quantitative estimate of drug-likeness (QED) is 0.551. The standard InChI is InChI=1S/C18H19N7O/c1-24-8-7-19-18(24)15(13-5-3-2-4-6-13)23-16-14-11-22-25(9-10-26)17(14)21-12-20-16/h2-8,11-12,15,26H,9-10H2,1H3,(H,20,21,23)/t15-/m0/s1. The third-order valence-electron chi connectivity index (χ3n) is 4.28. The van der Waals surface area contributed by atoms with Gasteiger partial charge in [0.25, 0.3) is 0 Å². The fraction of sp³-hybridized carbons (Fsp3) is 0.222. The van der Waals surface area contributed by atoms with E-state index in [9.17, 15) is 5.11 Å². The first-order chi connectivity index (χ1) is 12.8. The van der Waals surface area contributed by atoms with Crippen LogP contribution in [0.3, 0.4) is 0 Å². The molecule has 0 aliphatic carbocycles. The van der Waals surface area contributed by atoms with Crippen LogP contribution in [0.25, 0.3) is 11.0 Å². The van der Waals surface area contributed by atoms with Crippen LogP contribution in [0.1, 0.15) is 17.4 Å². The molecule has 8 heteroatoms. The molecule has 0 amide bonds. The zero-order valence-electron chi connectivity index (χ0n) is 14.3. The molecule has 0 aliphatic heterocycles. The van der Waals surface area contributed by atoms with E-state index in [0.717, 1.165) is 16.8 Å². The number of aliphatic hydroxyl groups is 1. The molecule has 1 aromatic carbocycles. The molecule has 0 bridgehead atoms. The molecule has 0 unspecified atom stereocenters. The lowest BCUT2D eigenvalue weighted by molar-refractivity contribution is 0.271. The van der Waals surface area contributed by atoms with Crippen LogP contribution in [-0.2, 0) is 13.6 Å². The van der Waals surface area contributed by atoms with Gasteiger partial charge in [-0.15, -0.1) is 0 Å². The molecule has 0 spiro atoms. The molecule has 4 aromatic rings. The normalized spacial score (nSPS) is 12.4. The van der Waals surface area contributed by atoms with E-state index in [1.165, 1.54) is 6.33 Å². The van der Waals surface area contributed by atoms with E-state index in [1.54, 1.807) is 17.1 Å². The lowest BCUT2D eigenvalue weighted by atomic mass is 10.1. The first-order valence-electron chi connectivity index (χ1n) is 8.34. The van der Waals surface area contributed by atoms with E-state index < -0.39 is 0 Å². The average molecular weight is 349 g/mol. The zero-order chi connectivity index (χ0) is 17.9. The van der Waals surface area contributed by atoms with E-state index >= 15 is 0 Å². The third-order valence-corrected chi connectivity index (χ3v) is 4.28. The molecule has 0 aliphatic rings. The monoisotopic (exact) mass is 349 g/mol. The predicted molar refractivity (Wildman–Crippen MR) is 97.5 cm³/mol. The highest BCUT2D eigenvalue weighted by Crippen LogP contribution is 2.27. The first-order valence-corrected chi connectivity index (χ1v) is 8.34. The summed E-state index contributed by atoms with van der Waals surface area (Å²) in [7, 11) is 1.97. The number of fused-ring (bicyclic) bond motifs is 1. The zero-order valence-corrected chi connectivity index (χ0v) is 14.3. The van der Waals surface area contributed by atoms with Gasteiger partial charge in [-0.3, -0.25) is 0 Å². The van der Waals surface area contributed by atoms with Gasteiger partial charge in [-0.2, -0.15) is 5.10 Å². The number of nitrogens with zero attached hydrogens (tertiary/aromatic N) is 6. The minimum Gasteiger partial charge on any atom is -0.394 e. The van der Waals surface area contributed by atoms with Crippen LogP contribution in [0.5, 0.6) is 0 Å². The van der Waals surface area contributed by atoms with Crippen LogP contribution >= 0.6 is 0 Å². The second-order valence-corrected chi connectivity index (χ2v) is 5.94. The van der Waals surface area contributed by atoms with E-state index in [1.807, 2.05) is 36.0 Å². The number of imidazole rings is 1. The van der Waals surface area contributed by atoms with E-state index in [0.29, 0.717) is 18.0 Å². The molecule has 26 heavy (non-hydrogen) atoms. The smallest absolute Gasteiger partial charge is 0.163 e. The Balaban J connectivity index is 1.77. The maximum Gasteiger partial charge on any atom is 0.163 e. The van der Waals surface area contributed by atoms with Crippen LogP contribution in [0.4, 0.5) is 5.82 Å². The number of rotatable bonds is 6. The molecule has 3 aromatic heterocycles. The average Bonchev–Trinajstić information content (AvgIpc) is 3.28. The number of aliphatic hydroxyl groups excluding tert-OH is 1. The largest absolute Gasteiger partial charge is 0.394 e. The van der Waals surface area contributed by atoms with Crippen LogP contribution in [-0.4, -0.2) is 41.0 Å². The van der Waals surface area contributed by atoms with Crippen LogP contribution in [0, 0.1) is 0 Å². The summed E-state index contributed by atoms with van der Waals surface area (Å²) < 4.78 is 3.65. The number of aromatic nitrogens is 6. The summed E-state index contributed by atoms with van der Waals surface area (Å²) in [6, 6.07) is 9.93. The molecule has 0 saturated heterocycles. The van der Waals surface area contributed by atoms with Gasteiger partial charge in [-0.1, -0.05) is 30.3 Å². The fourth-order valence-corrected chi connectivity index (χ4v) is 3.00. The summed E-state index contributed by atoms with van der Waals surface area (Å²) >= 11 is 0. The Morgan fingerprint density at radius 2 is 2.00 bits per heavy atom. The van der Waals surface area contributed by atoms with Crippen molar-refractivity contribution in [2.45, 2.75) is 12.6 Å². The molecule has 8 nitrogen and oxygen atoms in total. The minimum atomic E-state index is -0.171. The van der Waals surface area contributed by atoms with Crippen molar-refractivity contribution < 1.29 is 5.11 Å². The first kappa shape index (κ1) is 16.2. The molecule has 2 N–H and O–H groups in total. The molecule has 0 fully saturated rings. The Bertz CT molecular complexity index is 1010. The fourth-order valence-electron chi connectivity index (χ4n) is 3.00. The van der Waals surface area contributed by atoms with Crippen LogP contribution < -0.4 is 5.32 Å². The van der Waals surface area contributed by atoms with Crippen molar-refractivity contribution in [1.29, 1.82) is 0 Å². The van der Waals surface area contributed by atoms with Gasteiger partial charge in [-0.25, -0.2) is 19.6 Å². The van der Waals surface area contributed by atoms with E-state index in [-0.39, 0.29) is 12.6 Å². The molecule has 0 radical (unpaired) electrons. The number of benzene rings is 1. The van der Waals surface area contributed by atoms with Crippen molar-refractivity contribution >= 4 is 16.9 Å². The lowest BCUT2D eigenvalue weighted by Crippen LogP contribution is -2.17. The van der Waals surface area contributed by atoms with Gasteiger partial charge in [-0.05, 0) is 5.56 Å². The van der Waals surface area contributed by atoms with Gasteiger partial charge in [0, 0.05) is 19.4 Å². The van der Waals surface area contributed by atoms with Crippen molar-refractivity contribution in [2.24, 2.45) is 7.05 Å². The van der Waals surface area contributed by atoms with Crippen LogP contribution in [0.2, 0.25) is 0 Å². The summed E-state index contributed by atoms with van der Waals surface area (Å²) in [5, 5.41) is 17.8. The van der Waals surface area contributed by atoms with Gasteiger partial charge in [0.15, 0.2) is 5.65 Å². The van der Waals surface area contributed by atoms with Crippen LogP contribution in [0.15, 0.2) is 55.2 Å². The second kappa shape index (κ2) is 6.93. The van der Waals surface area contributed by atoms with Crippen molar-refractivity contribution in [1.82, 2.24) is 29.3 Å². The molecular weight excluding hydrogens is 330 g/mol. The number of hydrogen-bond acceptors (Lipinski definition) is 6. The number of aryl methyl sites for hydroxylation is 1. The van der Waals surface area contributed by atoms with Crippen molar-refractivity contribution in [3.8, 4) is 0 Å². The molecular formula is C18H19N7O. The Labute approximate surface area is 150 Å². The van der Waals surface area contributed by atoms with E-state index in [2.05, 4.69) is 37.5 Å². The number of hydrogen-bond donors (Lipinski definition) is 2. The SMILES string of the molecule is Cn1ccnc1[C@@H](Nc1ncnc2c1cnn2CCO)c1ccccc1. The topological polar surface area (TPSA) is 93.7 Å². The third kappa shape index (κ3) is 2.91. The summed E-state index contributed by atoms with van der Waals surface area (Å²) in [5.41, 5.74) is 1.76. The van der Waals surface area contributed by atoms with Gasteiger partial charge >= 0.3 is 0 Å². The Morgan fingerprint density at radius 3 is 2.73 bits per heavy atom. The van der Waals surface area contributed by atoms with Crippen molar-refractivity contribution in [2.75, 3.05) is 11.9 Å². The molecule has 4 rings (SSSR count).